The van der Waals surface area contributed by atoms with Gasteiger partial charge in [-0.3, -0.25) is 4.79 Å². The van der Waals surface area contributed by atoms with Gasteiger partial charge in [-0.15, -0.1) is 0 Å². The quantitative estimate of drug-likeness (QED) is 0.696. The molecule has 4 nitrogen and oxygen atoms in total. The molecular weight excluding hydrogens is 228 g/mol. The van der Waals surface area contributed by atoms with Gasteiger partial charge in [-0.25, -0.2) is 0 Å². The molecule has 1 amide bonds. The lowest BCUT2D eigenvalue weighted by atomic mass is 10.0. The first-order valence-corrected chi connectivity index (χ1v) is 6.22. The van der Waals surface area contributed by atoms with Crippen molar-refractivity contribution in [2.75, 3.05) is 12.3 Å². The molecule has 1 rings (SSSR count). The minimum absolute atomic E-state index is 0.0503. The van der Waals surface area contributed by atoms with E-state index in [-0.39, 0.29) is 18.6 Å². The van der Waals surface area contributed by atoms with E-state index in [1.807, 2.05) is 13.0 Å². The molecule has 1 atom stereocenters. The predicted molar refractivity (Wildman–Crippen MR) is 73.4 cm³/mol. The summed E-state index contributed by atoms with van der Waals surface area (Å²) in [5.41, 5.74) is 7.86. The van der Waals surface area contributed by atoms with Crippen LogP contribution >= 0.6 is 0 Å². The molecule has 1 aromatic carbocycles. The smallest absolute Gasteiger partial charge is 0.251 e. The maximum absolute atomic E-state index is 12.0. The number of nitrogens with one attached hydrogen (secondary N) is 1. The topological polar surface area (TPSA) is 75.3 Å². The molecule has 0 saturated carbocycles. The highest BCUT2D eigenvalue weighted by atomic mass is 16.3. The van der Waals surface area contributed by atoms with Crippen molar-refractivity contribution in [1.29, 1.82) is 0 Å². The van der Waals surface area contributed by atoms with E-state index in [4.69, 9.17) is 5.73 Å². The molecular formula is C14H22N2O2. The monoisotopic (exact) mass is 250 g/mol. The molecule has 0 radical (unpaired) electrons. The van der Waals surface area contributed by atoms with E-state index in [0.29, 0.717) is 17.2 Å². The van der Waals surface area contributed by atoms with E-state index in [2.05, 4.69) is 19.2 Å². The lowest BCUT2D eigenvalue weighted by Gasteiger charge is -2.18. The lowest BCUT2D eigenvalue weighted by molar-refractivity contribution is 0.0908. The number of nitrogen functional groups attached to an aromatic ring is 1. The minimum atomic E-state index is -0.208. The van der Waals surface area contributed by atoms with Gasteiger partial charge in [0.15, 0.2) is 0 Å². The fraction of sp³-hybridized carbons (Fsp3) is 0.500. The second-order valence-electron chi connectivity index (χ2n) is 5.05. The number of carbonyl (C=O) groups excluding carboxylic acids is 1. The lowest BCUT2D eigenvalue weighted by Crippen LogP contribution is -2.38. The molecule has 0 fully saturated rings. The van der Waals surface area contributed by atoms with Gasteiger partial charge in [0, 0.05) is 11.3 Å². The summed E-state index contributed by atoms with van der Waals surface area (Å²) in [7, 11) is 0. The summed E-state index contributed by atoms with van der Waals surface area (Å²) >= 11 is 0. The zero-order chi connectivity index (χ0) is 13.7. The average Bonchev–Trinajstić information content (AvgIpc) is 2.31. The maximum Gasteiger partial charge on any atom is 0.251 e. The summed E-state index contributed by atoms with van der Waals surface area (Å²) in [5, 5.41) is 12.0. The Morgan fingerprint density at radius 1 is 1.44 bits per heavy atom. The van der Waals surface area contributed by atoms with Crippen LogP contribution in [0.3, 0.4) is 0 Å². The highest BCUT2D eigenvalue weighted by molar-refractivity contribution is 5.95. The molecule has 0 spiro atoms. The Balaban J connectivity index is 2.71. The van der Waals surface area contributed by atoms with Crippen molar-refractivity contribution in [2.45, 2.75) is 33.2 Å². The van der Waals surface area contributed by atoms with Crippen molar-refractivity contribution in [1.82, 2.24) is 5.32 Å². The summed E-state index contributed by atoms with van der Waals surface area (Å²) in [6.45, 7) is 5.95. The van der Waals surface area contributed by atoms with Crippen molar-refractivity contribution in [2.24, 2.45) is 5.92 Å². The molecule has 0 aliphatic rings. The first-order chi connectivity index (χ1) is 8.43. The summed E-state index contributed by atoms with van der Waals surface area (Å²) < 4.78 is 0. The standard InChI is InChI=1S/C14H22N2O2/c1-9(2)6-12(8-17)16-14(18)11-5-4-10(3)13(15)7-11/h4-5,7,9,12,17H,6,8,15H2,1-3H3,(H,16,18). The van der Waals surface area contributed by atoms with Crippen LogP contribution in [0.1, 0.15) is 36.2 Å². The molecule has 1 unspecified atom stereocenters. The molecule has 18 heavy (non-hydrogen) atoms. The van der Waals surface area contributed by atoms with Gasteiger partial charge in [-0.2, -0.15) is 0 Å². The van der Waals surface area contributed by atoms with Crippen molar-refractivity contribution in [3.63, 3.8) is 0 Å². The number of aliphatic hydroxyl groups excluding tert-OH is 1. The molecule has 0 aromatic heterocycles. The van der Waals surface area contributed by atoms with Gasteiger partial charge < -0.3 is 16.2 Å². The Bertz CT molecular complexity index is 416. The zero-order valence-electron chi connectivity index (χ0n) is 11.2. The minimum Gasteiger partial charge on any atom is -0.398 e. The van der Waals surface area contributed by atoms with E-state index < -0.39 is 0 Å². The number of aryl methyl sites for hydroxylation is 1. The molecule has 0 heterocycles. The summed E-state index contributed by atoms with van der Waals surface area (Å²) in [6, 6.07) is 5.01. The Morgan fingerprint density at radius 2 is 2.11 bits per heavy atom. The Labute approximate surface area is 108 Å². The molecule has 4 heteroatoms. The van der Waals surface area contributed by atoms with Crippen LogP contribution in [0.25, 0.3) is 0 Å². The largest absolute Gasteiger partial charge is 0.398 e. The number of hydrogen-bond donors (Lipinski definition) is 3. The van der Waals surface area contributed by atoms with Gasteiger partial charge in [0.25, 0.3) is 5.91 Å². The number of hydrogen-bond acceptors (Lipinski definition) is 3. The van der Waals surface area contributed by atoms with Gasteiger partial charge >= 0.3 is 0 Å². The van der Waals surface area contributed by atoms with Crippen molar-refractivity contribution < 1.29 is 9.90 Å². The number of benzene rings is 1. The molecule has 100 valence electrons. The first kappa shape index (κ1) is 14.5. The van der Waals surface area contributed by atoms with Gasteiger partial charge in [0.2, 0.25) is 0 Å². The number of carbonyl (C=O) groups is 1. The van der Waals surface area contributed by atoms with E-state index in [1.165, 1.54) is 0 Å². The van der Waals surface area contributed by atoms with Gasteiger partial charge in [0.1, 0.15) is 0 Å². The van der Waals surface area contributed by atoms with Crippen LogP contribution in [0.15, 0.2) is 18.2 Å². The third kappa shape index (κ3) is 4.04. The molecule has 4 N–H and O–H groups in total. The van der Waals surface area contributed by atoms with Gasteiger partial charge in [-0.1, -0.05) is 19.9 Å². The predicted octanol–water partition coefficient (Wildman–Crippen LogP) is 1.71. The fourth-order valence-electron chi connectivity index (χ4n) is 1.80. The number of aliphatic hydroxyl groups is 1. The van der Waals surface area contributed by atoms with Crippen molar-refractivity contribution in [3.8, 4) is 0 Å². The number of amides is 1. The van der Waals surface area contributed by atoms with Crippen LogP contribution in [-0.2, 0) is 0 Å². The first-order valence-electron chi connectivity index (χ1n) is 6.22. The third-order valence-corrected chi connectivity index (χ3v) is 2.85. The SMILES string of the molecule is Cc1ccc(C(=O)NC(CO)CC(C)C)cc1N. The summed E-state index contributed by atoms with van der Waals surface area (Å²) in [4.78, 5) is 12.0. The highest BCUT2D eigenvalue weighted by Crippen LogP contribution is 2.13. The van der Waals surface area contributed by atoms with E-state index in [0.717, 1.165) is 12.0 Å². The van der Waals surface area contributed by atoms with Crippen LogP contribution in [0, 0.1) is 12.8 Å². The van der Waals surface area contributed by atoms with Crippen LogP contribution in [0.4, 0.5) is 5.69 Å². The number of rotatable bonds is 5. The van der Waals surface area contributed by atoms with E-state index in [1.54, 1.807) is 12.1 Å². The van der Waals surface area contributed by atoms with Crippen LogP contribution in [0.5, 0.6) is 0 Å². The van der Waals surface area contributed by atoms with Gasteiger partial charge in [0.05, 0.1) is 12.6 Å². The maximum atomic E-state index is 12.0. The normalized spacial score (nSPS) is 12.5. The molecule has 0 bridgehead atoms. The molecule has 1 aromatic rings. The molecule has 0 saturated heterocycles. The van der Waals surface area contributed by atoms with Crippen molar-refractivity contribution >= 4 is 11.6 Å². The Morgan fingerprint density at radius 3 is 2.61 bits per heavy atom. The van der Waals surface area contributed by atoms with Crippen LogP contribution in [-0.4, -0.2) is 23.7 Å². The average molecular weight is 250 g/mol. The summed E-state index contributed by atoms with van der Waals surface area (Å²) in [6.07, 6.45) is 0.754. The van der Waals surface area contributed by atoms with Crippen molar-refractivity contribution in [3.05, 3.63) is 29.3 Å². The number of nitrogens with two attached hydrogens (primary N) is 1. The molecule has 0 aliphatic carbocycles. The third-order valence-electron chi connectivity index (χ3n) is 2.85. The zero-order valence-corrected chi connectivity index (χ0v) is 11.2. The molecule has 0 aliphatic heterocycles. The summed E-state index contributed by atoms with van der Waals surface area (Å²) in [5.74, 6) is 0.229. The second-order valence-corrected chi connectivity index (χ2v) is 5.05. The van der Waals surface area contributed by atoms with E-state index in [9.17, 15) is 9.90 Å². The second kappa shape index (κ2) is 6.40. The van der Waals surface area contributed by atoms with Crippen LogP contribution in [0.2, 0.25) is 0 Å². The number of anilines is 1. The van der Waals surface area contributed by atoms with E-state index >= 15 is 0 Å². The Hall–Kier alpha value is -1.55. The highest BCUT2D eigenvalue weighted by Gasteiger charge is 2.14. The fourth-order valence-corrected chi connectivity index (χ4v) is 1.80. The Kier molecular flexibility index (Phi) is 5.16. The van der Waals surface area contributed by atoms with Crippen LogP contribution < -0.4 is 11.1 Å². The van der Waals surface area contributed by atoms with Gasteiger partial charge in [-0.05, 0) is 37.0 Å².